The zero-order valence-electron chi connectivity index (χ0n) is 12.3. The van der Waals surface area contributed by atoms with Crippen LogP contribution in [0.4, 0.5) is 5.95 Å². The number of benzene rings is 2. The van der Waals surface area contributed by atoms with Crippen molar-refractivity contribution in [1.29, 1.82) is 0 Å². The number of tetrazole rings is 1. The van der Waals surface area contributed by atoms with Crippen LogP contribution in [0.15, 0.2) is 54.6 Å². The Labute approximate surface area is 131 Å². The van der Waals surface area contributed by atoms with Crippen LogP contribution < -0.4 is 5.32 Å². The van der Waals surface area contributed by atoms with Gasteiger partial charge in [0.15, 0.2) is 5.78 Å². The lowest BCUT2D eigenvalue weighted by atomic mass is 9.98. The Bertz CT molecular complexity index is 858. The van der Waals surface area contributed by atoms with Crippen molar-refractivity contribution < 1.29 is 9.59 Å². The van der Waals surface area contributed by atoms with E-state index >= 15 is 0 Å². The van der Waals surface area contributed by atoms with E-state index in [1.165, 1.54) is 4.68 Å². The quantitative estimate of drug-likeness (QED) is 0.741. The number of amides is 1. The van der Waals surface area contributed by atoms with Gasteiger partial charge in [-0.3, -0.25) is 14.9 Å². The van der Waals surface area contributed by atoms with Crippen molar-refractivity contribution in [3.63, 3.8) is 0 Å². The molecule has 0 aliphatic rings. The molecule has 0 radical (unpaired) electrons. The number of aromatic nitrogens is 4. The fraction of sp³-hybridized carbons (Fsp3) is 0.0625. The molecule has 0 unspecified atom stereocenters. The zero-order valence-corrected chi connectivity index (χ0v) is 12.3. The fourth-order valence-electron chi connectivity index (χ4n) is 2.13. The van der Waals surface area contributed by atoms with Gasteiger partial charge in [0.2, 0.25) is 5.95 Å². The zero-order chi connectivity index (χ0) is 16.2. The third-order valence-corrected chi connectivity index (χ3v) is 3.30. The molecule has 3 rings (SSSR count). The number of carbonyl (C=O) groups is 2. The number of ketones is 1. The summed E-state index contributed by atoms with van der Waals surface area (Å²) in [5, 5.41) is 13.4. The van der Waals surface area contributed by atoms with E-state index in [-0.39, 0.29) is 17.3 Å². The molecule has 23 heavy (non-hydrogen) atoms. The van der Waals surface area contributed by atoms with Gasteiger partial charge in [0.1, 0.15) is 0 Å². The standard InChI is InChI=1S/C16H13N5O2/c1-21-16(18-19-20-21)17-15(23)13-10-6-5-9-12(13)14(22)11-7-3-2-4-8-11/h2-10H,1H3,(H,17,18,20,23). The van der Waals surface area contributed by atoms with Crippen LogP contribution in [0.2, 0.25) is 0 Å². The van der Waals surface area contributed by atoms with Crippen molar-refractivity contribution in [3.05, 3.63) is 71.3 Å². The van der Waals surface area contributed by atoms with Crippen LogP contribution in [-0.2, 0) is 7.05 Å². The van der Waals surface area contributed by atoms with E-state index in [4.69, 9.17) is 0 Å². The van der Waals surface area contributed by atoms with E-state index in [1.54, 1.807) is 55.6 Å². The van der Waals surface area contributed by atoms with E-state index in [9.17, 15) is 9.59 Å². The van der Waals surface area contributed by atoms with Crippen LogP contribution in [0, 0.1) is 0 Å². The highest BCUT2D eigenvalue weighted by Crippen LogP contribution is 2.16. The van der Waals surface area contributed by atoms with E-state index in [1.807, 2.05) is 6.07 Å². The van der Waals surface area contributed by atoms with Crippen LogP contribution in [0.1, 0.15) is 26.3 Å². The molecule has 7 heteroatoms. The Morgan fingerprint density at radius 1 is 0.957 bits per heavy atom. The molecule has 0 atom stereocenters. The minimum Gasteiger partial charge on any atom is -0.289 e. The average molecular weight is 307 g/mol. The Morgan fingerprint density at radius 3 is 2.26 bits per heavy atom. The molecule has 0 aliphatic heterocycles. The minimum absolute atomic E-state index is 0.206. The molecule has 1 N–H and O–H groups in total. The number of aryl methyl sites for hydroxylation is 1. The first-order chi connectivity index (χ1) is 11.2. The summed E-state index contributed by atoms with van der Waals surface area (Å²) in [6, 6.07) is 15.4. The predicted octanol–water partition coefficient (Wildman–Crippen LogP) is 1.69. The second-order valence-electron chi connectivity index (χ2n) is 4.82. The summed E-state index contributed by atoms with van der Waals surface area (Å²) in [5.74, 6) is -0.452. The molecule has 0 spiro atoms. The summed E-state index contributed by atoms with van der Waals surface area (Å²) in [5.41, 5.74) is 1.11. The number of anilines is 1. The molecule has 1 heterocycles. The molecular formula is C16H13N5O2. The number of rotatable bonds is 4. The molecule has 0 aliphatic carbocycles. The summed E-state index contributed by atoms with van der Waals surface area (Å²) in [7, 11) is 1.61. The van der Waals surface area contributed by atoms with Crippen molar-refractivity contribution in [1.82, 2.24) is 20.2 Å². The average Bonchev–Trinajstić information content (AvgIpc) is 3.00. The van der Waals surface area contributed by atoms with Crippen LogP contribution in [0.5, 0.6) is 0 Å². The van der Waals surface area contributed by atoms with Crippen molar-refractivity contribution in [2.75, 3.05) is 5.32 Å². The molecule has 2 aromatic carbocycles. The minimum atomic E-state index is -0.442. The van der Waals surface area contributed by atoms with Gasteiger partial charge in [-0.05, 0) is 16.5 Å². The van der Waals surface area contributed by atoms with Crippen LogP contribution in [0.3, 0.4) is 0 Å². The summed E-state index contributed by atoms with van der Waals surface area (Å²) in [6.07, 6.45) is 0. The van der Waals surface area contributed by atoms with Crippen molar-refractivity contribution in [2.45, 2.75) is 0 Å². The summed E-state index contributed by atoms with van der Waals surface area (Å²) in [6.45, 7) is 0. The van der Waals surface area contributed by atoms with Crippen LogP contribution >= 0.6 is 0 Å². The number of nitrogens with zero attached hydrogens (tertiary/aromatic N) is 4. The highest BCUT2D eigenvalue weighted by atomic mass is 16.2. The number of carbonyl (C=O) groups excluding carboxylic acids is 2. The van der Waals surface area contributed by atoms with Gasteiger partial charge in [-0.15, -0.1) is 0 Å². The smallest absolute Gasteiger partial charge is 0.258 e. The van der Waals surface area contributed by atoms with Crippen molar-refractivity contribution in [2.24, 2.45) is 7.05 Å². The lowest BCUT2D eigenvalue weighted by Gasteiger charge is -2.08. The van der Waals surface area contributed by atoms with Gasteiger partial charge in [0.25, 0.3) is 5.91 Å². The van der Waals surface area contributed by atoms with E-state index < -0.39 is 5.91 Å². The Balaban J connectivity index is 1.93. The van der Waals surface area contributed by atoms with E-state index in [0.717, 1.165) is 0 Å². The molecule has 114 valence electrons. The van der Waals surface area contributed by atoms with Gasteiger partial charge in [-0.2, -0.15) is 0 Å². The van der Waals surface area contributed by atoms with Gasteiger partial charge in [0.05, 0.1) is 5.56 Å². The van der Waals surface area contributed by atoms with Gasteiger partial charge >= 0.3 is 0 Å². The number of nitrogens with one attached hydrogen (secondary N) is 1. The summed E-state index contributed by atoms with van der Waals surface area (Å²) in [4.78, 5) is 25.1. The van der Waals surface area contributed by atoms with Gasteiger partial charge in [-0.25, -0.2) is 4.68 Å². The maximum atomic E-state index is 12.6. The second kappa shape index (κ2) is 6.18. The monoisotopic (exact) mass is 307 g/mol. The Hall–Kier alpha value is -3.35. The molecular weight excluding hydrogens is 294 g/mol. The van der Waals surface area contributed by atoms with Crippen LogP contribution in [0.25, 0.3) is 0 Å². The van der Waals surface area contributed by atoms with Crippen molar-refractivity contribution in [3.8, 4) is 0 Å². The van der Waals surface area contributed by atoms with Gasteiger partial charge < -0.3 is 0 Å². The largest absolute Gasteiger partial charge is 0.289 e. The topological polar surface area (TPSA) is 89.8 Å². The molecule has 0 bridgehead atoms. The first kappa shape index (κ1) is 14.6. The summed E-state index contributed by atoms with van der Waals surface area (Å²) < 4.78 is 1.33. The lowest BCUT2D eigenvalue weighted by Crippen LogP contribution is -2.19. The van der Waals surface area contributed by atoms with Gasteiger partial charge in [-0.1, -0.05) is 53.6 Å². The molecule has 1 amide bonds. The number of hydrogen-bond acceptors (Lipinski definition) is 5. The first-order valence-electron chi connectivity index (χ1n) is 6.89. The third-order valence-electron chi connectivity index (χ3n) is 3.30. The lowest BCUT2D eigenvalue weighted by molar-refractivity contribution is 0.0995. The fourth-order valence-corrected chi connectivity index (χ4v) is 2.13. The van der Waals surface area contributed by atoms with Gasteiger partial charge in [0, 0.05) is 18.2 Å². The van der Waals surface area contributed by atoms with E-state index in [0.29, 0.717) is 11.1 Å². The van der Waals surface area contributed by atoms with Crippen LogP contribution in [-0.4, -0.2) is 31.9 Å². The Morgan fingerprint density at radius 2 is 1.61 bits per heavy atom. The maximum Gasteiger partial charge on any atom is 0.258 e. The SMILES string of the molecule is Cn1nnnc1NC(=O)c1ccccc1C(=O)c1ccccc1. The maximum absolute atomic E-state index is 12.6. The molecule has 3 aromatic rings. The first-order valence-corrected chi connectivity index (χ1v) is 6.89. The van der Waals surface area contributed by atoms with Crippen molar-refractivity contribution >= 4 is 17.6 Å². The molecule has 0 fully saturated rings. The third kappa shape index (κ3) is 2.98. The summed E-state index contributed by atoms with van der Waals surface area (Å²) >= 11 is 0. The highest BCUT2D eigenvalue weighted by Gasteiger charge is 2.19. The normalized spacial score (nSPS) is 10.3. The highest BCUT2D eigenvalue weighted by molar-refractivity contribution is 6.17. The molecule has 1 aromatic heterocycles. The molecule has 7 nitrogen and oxygen atoms in total. The predicted molar refractivity (Wildman–Crippen MR) is 83.1 cm³/mol. The van der Waals surface area contributed by atoms with E-state index in [2.05, 4.69) is 20.8 Å². The Kier molecular flexibility index (Phi) is 3.92. The number of hydrogen-bond donors (Lipinski definition) is 1. The second-order valence-corrected chi connectivity index (χ2v) is 4.82. The molecule has 0 saturated carbocycles. The molecule has 0 saturated heterocycles.